The third-order valence-corrected chi connectivity index (χ3v) is 2.53. The maximum Gasteiger partial charge on any atom is 0.337 e. The number of rotatable bonds is 7. The molecular formula is C15H20N2O4. The summed E-state index contributed by atoms with van der Waals surface area (Å²) in [6, 6.07) is 4.34. The van der Waals surface area contributed by atoms with Crippen molar-refractivity contribution in [1.82, 2.24) is 5.32 Å². The lowest BCUT2D eigenvalue weighted by Crippen LogP contribution is -2.32. The summed E-state index contributed by atoms with van der Waals surface area (Å²) >= 11 is 0. The number of aryl methyl sites for hydroxylation is 1. The van der Waals surface area contributed by atoms with E-state index in [0.29, 0.717) is 19.8 Å². The quantitative estimate of drug-likeness (QED) is 0.532. The molecule has 6 heteroatoms. The van der Waals surface area contributed by atoms with E-state index in [4.69, 9.17) is 9.84 Å². The number of urea groups is 1. The van der Waals surface area contributed by atoms with Gasteiger partial charge >= 0.3 is 12.0 Å². The van der Waals surface area contributed by atoms with Gasteiger partial charge < -0.3 is 20.5 Å². The zero-order chi connectivity index (χ0) is 15.8. The number of carboxylic acid groups (broad SMARTS) is 1. The molecule has 0 bridgehead atoms. The number of benzene rings is 1. The van der Waals surface area contributed by atoms with Crippen LogP contribution in [0.3, 0.4) is 0 Å². The smallest absolute Gasteiger partial charge is 0.337 e. The van der Waals surface area contributed by atoms with Gasteiger partial charge in [-0.15, -0.1) is 0 Å². The van der Waals surface area contributed by atoms with E-state index in [-0.39, 0.29) is 11.3 Å². The first-order chi connectivity index (χ1) is 9.90. The second-order valence-corrected chi connectivity index (χ2v) is 4.74. The van der Waals surface area contributed by atoms with Gasteiger partial charge in [-0.05, 0) is 26.0 Å². The van der Waals surface area contributed by atoms with E-state index in [1.54, 1.807) is 19.1 Å². The molecule has 21 heavy (non-hydrogen) atoms. The van der Waals surface area contributed by atoms with Gasteiger partial charge in [0.25, 0.3) is 0 Å². The summed E-state index contributed by atoms with van der Waals surface area (Å²) in [4.78, 5) is 22.8. The van der Waals surface area contributed by atoms with Crippen molar-refractivity contribution < 1.29 is 19.4 Å². The first-order valence-electron chi connectivity index (χ1n) is 6.51. The number of carbonyl (C=O) groups excluding carboxylic acids is 1. The van der Waals surface area contributed by atoms with E-state index in [9.17, 15) is 9.59 Å². The molecule has 0 aromatic heterocycles. The summed E-state index contributed by atoms with van der Waals surface area (Å²) in [6.07, 6.45) is 0. The molecule has 3 N–H and O–H groups in total. The highest BCUT2D eigenvalue weighted by atomic mass is 16.5. The first-order valence-corrected chi connectivity index (χ1v) is 6.51. The van der Waals surface area contributed by atoms with Crippen molar-refractivity contribution >= 4 is 17.7 Å². The first kappa shape index (κ1) is 16.7. The zero-order valence-electron chi connectivity index (χ0n) is 12.2. The zero-order valence-corrected chi connectivity index (χ0v) is 12.2. The summed E-state index contributed by atoms with van der Waals surface area (Å²) in [6.45, 7) is 8.47. The molecule has 0 fully saturated rings. The molecule has 0 saturated heterocycles. The van der Waals surface area contributed by atoms with Crippen LogP contribution in [-0.2, 0) is 4.74 Å². The normalized spacial score (nSPS) is 10.0. The molecule has 1 aromatic carbocycles. The monoisotopic (exact) mass is 292 g/mol. The minimum Gasteiger partial charge on any atom is -0.478 e. The van der Waals surface area contributed by atoms with Gasteiger partial charge in [-0.25, -0.2) is 9.59 Å². The summed E-state index contributed by atoms with van der Waals surface area (Å²) in [7, 11) is 0. The van der Waals surface area contributed by atoms with Gasteiger partial charge in [-0.1, -0.05) is 23.8 Å². The number of amides is 2. The molecule has 0 aliphatic heterocycles. The predicted molar refractivity (Wildman–Crippen MR) is 80.8 cm³/mol. The fourth-order valence-electron chi connectivity index (χ4n) is 1.59. The van der Waals surface area contributed by atoms with Crippen molar-refractivity contribution in [2.45, 2.75) is 13.8 Å². The van der Waals surface area contributed by atoms with Gasteiger partial charge in [-0.2, -0.15) is 0 Å². The van der Waals surface area contributed by atoms with Crippen LogP contribution in [0, 0.1) is 6.92 Å². The van der Waals surface area contributed by atoms with Crippen molar-refractivity contribution in [3.05, 3.63) is 41.5 Å². The average Bonchev–Trinajstić information content (AvgIpc) is 2.39. The van der Waals surface area contributed by atoms with E-state index in [1.807, 2.05) is 6.92 Å². The van der Waals surface area contributed by atoms with Gasteiger partial charge in [-0.3, -0.25) is 0 Å². The molecule has 0 radical (unpaired) electrons. The maximum atomic E-state index is 11.7. The SMILES string of the molecule is C=C(C)COCCNC(=O)Nc1ccc(C)cc1C(=O)O. The second kappa shape index (κ2) is 8.06. The van der Waals surface area contributed by atoms with Crippen LogP contribution >= 0.6 is 0 Å². The minimum absolute atomic E-state index is 0.0590. The number of hydrogen-bond acceptors (Lipinski definition) is 3. The van der Waals surface area contributed by atoms with Crippen LogP contribution in [0.5, 0.6) is 0 Å². The van der Waals surface area contributed by atoms with Crippen LogP contribution in [0.15, 0.2) is 30.4 Å². The summed E-state index contributed by atoms with van der Waals surface area (Å²) < 4.78 is 5.24. The molecule has 1 aromatic rings. The standard InChI is InChI=1S/C15H20N2O4/c1-10(2)9-21-7-6-16-15(20)17-13-5-4-11(3)8-12(13)14(18)19/h4-5,8H,1,6-7,9H2,2-3H3,(H,18,19)(H2,16,17,20). The Kier molecular flexibility index (Phi) is 6.42. The van der Waals surface area contributed by atoms with Crippen molar-refractivity contribution in [2.24, 2.45) is 0 Å². The third kappa shape index (κ3) is 6.09. The number of ether oxygens (including phenoxy) is 1. The number of aromatic carboxylic acids is 1. The van der Waals surface area contributed by atoms with Crippen LogP contribution in [0.2, 0.25) is 0 Å². The molecule has 0 spiro atoms. The van der Waals surface area contributed by atoms with Gasteiger partial charge in [0.2, 0.25) is 0 Å². The van der Waals surface area contributed by atoms with Crippen molar-refractivity contribution in [3.63, 3.8) is 0 Å². The fraction of sp³-hybridized carbons (Fsp3) is 0.333. The lowest BCUT2D eigenvalue weighted by atomic mass is 10.1. The summed E-state index contributed by atoms with van der Waals surface area (Å²) in [5.74, 6) is -1.08. The lowest BCUT2D eigenvalue weighted by molar-refractivity contribution is 0.0698. The Balaban J connectivity index is 2.48. The maximum absolute atomic E-state index is 11.7. The van der Waals surface area contributed by atoms with Gasteiger partial charge in [0.1, 0.15) is 0 Å². The molecule has 1 rings (SSSR count). The average molecular weight is 292 g/mol. The third-order valence-electron chi connectivity index (χ3n) is 2.53. The molecule has 0 saturated carbocycles. The molecule has 0 heterocycles. The van der Waals surface area contributed by atoms with Crippen LogP contribution < -0.4 is 10.6 Å². The highest BCUT2D eigenvalue weighted by molar-refractivity contribution is 6.00. The molecule has 0 aliphatic carbocycles. The van der Waals surface area contributed by atoms with Gasteiger partial charge in [0, 0.05) is 6.54 Å². The van der Waals surface area contributed by atoms with E-state index < -0.39 is 12.0 Å². The molecule has 0 unspecified atom stereocenters. The highest BCUT2D eigenvalue weighted by Gasteiger charge is 2.12. The molecule has 6 nitrogen and oxygen atoms in total. The fourth-order valence-corrected chi connectivity index (χ4v) is 1.59. The van der Waals surface area contributed by atoms with E-state index >= 15 is 0 Å². The van der Waals surface area contributed by atoms with Gasteiger partial charge in [0.15, 0.2) is 0 Å². The predicted octanol–water partition coefficient (Wildman–Crippen LogP) is 2.41. The minimum atomic E-state index is -1.08. The Morgan fingerprint density at radius 3 is 2.71 bits per heavy atom. The van der Waals surface area contributed by atoms with Crippen LogP contribution in [0.25, 0.3) is 0 Å². The number of hydrogen-bond donors (Lipinski definition) is 3. The van der Waals surface area contributed by atoms with Gasteiger partial charge in [0.05, 0.1) is 24.5 Å². The Bertz CT molecular complexity index is 540. The number of nitrogens with one attached hydrogen (secondary N) is 2. The Morgan fingerprint density at radius 2 is 2.10 bits per heavy atom. The number of anilines is 1. The topological polar surface area (TPSA) is 87.7 Å². The molecule has 2 amide bonds. The Labute approximate surface area is 123 Å². The van der Waals surface area contributed by atoms with E-state index in [1.165, 1.54) is 6.07 Å². The Hall–Kier alpha value is -2.34. The van der Waals surface area contributed by atoms with Crippen LogP contribution in [0.1, 0.15) is 22.8 Å². The second-order valence-electron chi connectivity index (χ2n) is 4.74. The van der Waals surface area contributed by atoms with E-state index in [2.05, 4.69) is 17.2 Å². The molecular weight excluding hydrogens is 272 g/mol. The Morgan fingerprint density at radius 1 is 1.38 bits per heavy atom. The highest BCUT2D eigenvalue weighted by Crippen LogP contribution is 2.17. The van der Waals surface area contributed by atoms with Crippen molar-refractivity contribution in [1.29, 1.82) is 0 Å². The number of carboxylic acids is 1. The lowest BCUT2D eigenvalue weighted by Gasteiger charge is -2.11. The molecule has 0 atom stereocenters. The van der Waals surface area contributed by atoms with Crippen molar-refractivity contribution in [2.75, 3.05) is 25.1 Å². The number of carbonyl (C=O) groups is 2. The van der Waals surface area contributed by atoms with Crippen LogP contribution in [0.4, 0.5) is 10.5 Å². The largest absolute Gasteiger partial charge is 0.478 e. The molecule has 114 valence electrons. The molecule has 0 aliphatic rings. The van der Waals surface area contributed by atoms with Crippen molar-refractivity contribution in [3.8, 4) is 0 Å². The van der Waals surface area contributed by atoms with Crippen LogP contribution in [-0.4, -0.2) is 36.9 Å². The summed E-state index contributed by atoms with van der Waals surface area (Å²) in [5.41, 5.74) is 2.04. The summed E-state index contributed by atoms with van der Waals surface area (Å²) in [5, 5.41) is 14.2. The van der Waals surface area contributed by atoms with E-state index in [0.717, 1.165) is 11.1 Å².